The van der Waals surface area contributed by atoms with Crippen LogP contribution in [0.1, 0.15) is 46.5 Å². The van der Waals surface area contributed by atoms with Gasteiger partial charge in [-0.1, -0.05) is 12.1 Å². The topological polar surface area (TPSA) is 41.6 Å². The molecule has 1 atom stereocenters. The van der Waals surface area contributed by atoms with Gasteiger partial charge in [-0.3, -0.25) is 9.69 Å². The minimum atomic E-state index is 0.124. The molecule has 4 fully saturated rings. The van der Waals surface area contributed by atoms with Gasteiger partial charge in [0.2, 0.25) is 0 Å². The molecule has 5 heteroatoms. The summed E-state index contributed by atoms with van der Waals surface area (Å²) in [4.78, 5) is 16.5. The predicted octanol–water partition coefficient (Wildman–Crippen LogP) is 3.29. The maximum Gasteiger partial charge on any atom is 0.261 e. The third-order valence-corrected chi connectivity index (χ3v) is 8.09. The van der Waals surface area contributed by atoms with Gasteiger partial charge in [-0.15, -0.1) is 11.3 Å². The molecule has 25 heavy (non-hydrogen) atoms. The summed E-state index contributed by atoms with van der Waals surface area (Å²) in [6, 6.07) is 6.69. The molecule has 1 aromatic carbocycles. The standard InChI is InChI=1S/C20H22N2O2S/c23-19(21-18-12-3-7-22(8-4-12)20(18)5-6-20)16-9-13-1-2-14-10-24-11-15(14)17(13)25-16/h1-2,9,12,18H,3-8,10-11H2,(H,21,23)/t18-/m1/s1. The van der Waals surface area contributed by atoms with Crippen LogP contribution in [-0.4, -0.2) is 35.5 Å². The Labute approximate surface area is 151 Å². The molecular weight excluding hydrogens is 332 g/mol. The Hall–Kier alpha value is -1.43. The summed E-state index contributed by atoms with van der Waals surface area (Å²) < 4.78 is 6.82. The van der Waals surface area contributed by atoms with E-state index in [1.807, 2.05) is 0 Å². The van der Waals surface area contributed by atoms with Gasteiger partial charge < -0.3 is 10.1 Å². The first-order valence-electron chi connectivity index (χ1n) is 9.43. The quantitative estimate of drug-likeness (QED) is 0.900. The lowest BCUT2D eigenvalue weighted by atomic mass is 9.77. The average Bonchev–Trinajstić information content (AvgIpc) is 3.08. The second-order valence-corrected chi connectivity index (χ2v) is 9.16. The Bertz CT molecular complexity index is 877. The van der Waals surface area contributed by atoms with E-state index in [9.17, 15) is 4.79 Å². The first kappa shape index (κ1) is 14.7. The number of fused-ring (bicyclic) bond motifs is 5. The number of thiophene rings is 1. The van der Waals surface area contributed by atoms with Crippen LogP contribution >= 0.6 is 11.3 Å². The van der Waals surface area contributed by atoms with Crippen LogP contribution in [0.15, 0.2) is 18.2 Å². The number of carbonyl (C=O) groups is 1. The van der Waals surface area contributed by atoms with Gasteiger partial charge in [0.15, 0.2) is 0 Å². The maximum absolute atomic E-state index is 13.0. The number of ether oxygens (including phenoxy) is 1. The Morgan fingerprint density at radius 3 is 2.88 bits per heavy atom. The van der Waals surface area contributed by atoms with Crippen molar-refractivity contribution in [2.24, 2.45) is 5.92 Å². The monoisotopic (exact) mass is 354 g/mol. The fourth-order valence-electron chi connectivity index (χ4n) is 5.40. The van der Waals surface area contributed by atoms with E-state index in [1.54, 1.807) is 11.3 Å². The van der Waals surface area contributed by atoms with Crippen molar-refractivity contribution in [3.8, 4) is 0 Å². The third kappa shape index (κ3) is 2.03. The van der Waals surface area contributed by atoms with Crippen molar-refractivity contribution in [2.45, 2.75) is 50.5 Å². The highest BCUT2D eigenvalue weighted by Crippen LogP contribution is 2.53. The molecule has 4 nitrogen and oxygen atoms in total. The molecule has 1 spiro atoms. The Morgan fingerprint density at radius 2 is 2.08 bits per heavy atom. The molecule has 0 unspecified atom stereocenters. The zero-order chi connectivity index (χ0) is 16.6. The molecule has 1 aliphatic carbocycles. The molecule has 2 aromatic rings. The average molecular weight is 354 g/mol. The predicted molar refractivity (Wildman–Crippen MR) is 97.8 cm³/mol. The smallest absolute Gasteiger partial charge is 0.261 e. The van der Waals surface area contributed by atoms with E-state index < -0.39 is 0 Å². The summed E-state index contributed by atoms with van der Waals surface area (Å²) in [5.41, 5.74) is 2.85. The van der Waals surface area contributed by atoms with Crippen LogP contribution in [0.3, 0.4) is 0 Å². The van der Waals surface area contributed by atoms with Gasteiger partial charge >= 0.3 is 0 Å². The highest BCUT2D eigenvalue weighted by molar-refractivity contribution is 7.21. The van der Waals surface area contributed by atoms with E-state index >= 15 is 0 Å². The van der Waals surface area contributed by atoms with Crippen LogP contribution in [0.25, 0.3) is 10.1 Å². The van der Waals surface area contributed by atoms with Crippen molar-refractivity contribution in [3.05, 3.63) is 34.2 Å². The number of benzene rings is 1. The van der Waals surface area contributed by atoms with E-state index in [2.05, 4.69) is 28.4 Å². The first-order valence-corrected chi connectivity index (χ1v) is 10.2. The molecular formula is C20H22N2O2S. The summed E-state index contributed by atoms with van der Waals surface area (Å²) in [5, 5.41) is 4.62. The van der Waals surface area contributed by atoms with E-state index in [0.29, 0.717) is 30.7 Å². The molecule has 0 radical (unpaired) electrons. The SMILES string of the molecule is O=C(N[C@@H]1C2CCN(CC2)C12CC2)c1cc2ccc3c(c2s1)COC3. The van der Waals surface area contributed by atoms with Crippen LogP contribution in [0.5, 0.6) is 0 Å². The van der Waals surface area contributed by atoms with E-state index in [0.717, 1.165) is 4.88 Å². The molecule has 5 aliphatic rings. The van der Waals surface area contributed by atoms with Gasteiger partial charge in [0.25, 0.3) is 5.91 Å². The second kappa shape index (κ2) is 5.06. The summed E-state index contributed by atoms with van der Waals surface area (Å²) in [7, 11) is 0. The largest absolute Gasteiger partial charge is 0.372 e. The van der Waals surface area contributed by atoms with Crippen molar-refractivity contribution >= 4 is 27.3 Å². The molecule has 1 saturated carbocycles. The number of piperidine rings is 3. The summed E-state index contributed by atoms with van der Waals surface area (Å²) in [6.45, 7) is 3.84. The fourth-order valence-corrected chi connectivity index (χ4v) is 6.52. The van der Waals surface area contributed by atoms with Crippen molar-refractivity contribution in [2.75, 3.05) is 13.1 Å². The minimum Gasteiger partial charge on any atom is -0.372 e. The highest BCUT2D eigenvalue weighted by atomic mass is 32.1. The Morgan fingerprint density at radius 1 is 1.24 bits per heavy atom. The van der Waals surface area contributed by atoms with Gasteiger partial charge in [-0.2, -0.15) is 0 Å². The molecule has 4 aliphatic heterocycles. The van der Waals surface area contributed by atoms with Gasteiger partial charge in [0.05, 0.1) is 24.1 Å². The maximum atomic E-state index is 13.0. The molecule has 7 rings (SSSR count). The molecule has 5 heterocycles. The van der Waals surface area contributed by atoms with Crippen LogP contribution in [0.2, 0.25) is 0 Å². The van der Waals surface area contributed by atoms with Gasteiger partial charge in [0, 0.05) is 15.8 Å². The van der Waals surface area contributed by atoms with Gasteiger partial charge in [0.1, 0.15) is 0 Å². The number of hydrogen-bond donors (Lipinski definition) is 1. The Kier molecular flexibility index (Phi) is 2.98. The molecule has 1 aromatic heterocycles. The van der Waals surface area contributed by atoms with Crippen molar-refractivity contribution in [1.29, 1.82) is 0 Å². The lowest BCUT2D eigenvalue weighted by Crippen LogP contribution is -2.65. The van der Waals surface area contributed by atoms with Crippen molar-refractivity contribution in [1.82, 2.24) is 10.2 Å². The van der Waals surface area contributed by atoms with E-state index in [1.165, 1.54) is 60.0 Å². The number of amides is 1. The van der Waals surface area contributed by atoms with Crippen LogP contribution in [-0.2, 0) is 18.0 Å². The van der Waals surface area contributed by atoms with Gasteiger partial charge in [-0.05, 0) is 61.7 Å². The second-order valence-electron chi connectivity index (χ2n) is 8.10. The number of nitrogens with one attached hydrogen (secondary N) is 1. The van der Waals surface area contributed by atoms with Gasteiger partial charge in [-0.25, -0.2) is 0 Å². The fraction of sp³-hybridized carbons (Fsp3) is 0.550. The molecule has 1 N–H and O–H groups in total. The van der Waals surface area contributed by atoms with Crippen molar-refractivity contribution in [3.63, 3.8) is 0 Å². The molecule has 2 bridgehead atoms. The zero-order valence-corrected chi connectivity index (χ0v) is 15.0. The first-order chi connectivity index (χ1) is 12.2. The number of nitrogens with zero attached hydrogens (tertiary/aromatic N) is 1. The lowest BCUT2D eigenvalue weighted by molar-refractivity contribution is -0.00138. The normalized spacial score (nSPS) is 31.4. The van der Waals surface area contributed by atoms with E-state index in [4.69, 9.17) is 4.74 Å². The molecule has 130 valence electrons. The number of carbonyl (C=O) groups excluding carboxylic acids is 1. The summed E-state index contributed by atoms with van der Waals surface area (Å²) in [5.74, 6) is 0.794. The molecule has 1 amide bonds. The van der Waals surface area contributed by atoms with Crippen LogP contribution < -0.4 is 5.32 Å². The van der Waals surface area contributed by atoms with E-state index in [-0.39, 0.29) is 5.91 Å². The summed E-state index contributed by atoms with van der Waals surface area (Å²) in [6.07, 6.45) is 4.99. The third-order valence-electron chi connectivity index (χ3n) is 6.88. The molecule has 3 saturated heterocycles. The van der Waals surface area contributed by atoms with Crippen LogP contribution in [0.4, 0.5) is 0 Å². The Balaban J connectivity index is 1.31. The number of hydrogen-bond acceptors (Lipinski definition) is 4. The summed E-state index contributed by atoms with van der Waals surface area (Å²) >= 11 is 1.63. The highest BCUT2D eigenvalue weighted by Gasteiger charge is 2.60. The van der Waals surface area contributed by atoms with Crippen LogP contribution in [0, 0.1) is 5.92 Å². The van der Waals surface area contributed by atoms with Crippen molar-refractivity contribution < 1.29 is 9.53 Å². The lowest BCUT2D eigenvalue weighted by Gasteiger charge is -2.52. The zero-order valence-electron chi connectivity index (χ0n) is 14.2. The minimum absolute atomic E-state index is 0.124. The number of rotatable bonds is 2.